The first-order valence-electron chi connectivity index (χ1n) is 6.62. The Kier molecular flexibility index (Phi) is 3.60. The van der Waals surface area contributed by atoms with E-state index < -0.39 is 0 Å². The van der Waals surface area contributed by atoms with E-state index >= 15 is 0 Å². The molecule has 110 valence electrons. The van der Waals surface area contributed by atoms with Crippen molar-refractivity contribution in [2.45, 2.75) is 0 Å². The van der Waals surface area contributed by atoms with Crippen LogP contribution in [0.4, 0.5) is 0 Å². The van der Waals surface area contributed by atoms with E-state index in [0.717, 1.165) is 0 Å². The van der Waals surface area contributed by atoms with Crippen molar-refractivity contribution in [1.82, 2.24) is 9.13 Å². The van der Waals surface area contributed by atoms with Gasteiger partial charge in [-0.15, -0.1) is 0 Å². The van der Waals surface area contributed by atoms with Gasteiger partial charge in [0.15, 0.2) is 4.77 Å². The van der Waals surface area contributed by atoms with Gasteiger partial charge in [-0.3, -0.25) is 18.9 Å². The minimum absolute atomic E-state index is 0.152. The van der Waals surface area contributed by atoms with Crippen molar-refractivity contribution in [2.75, 3.05) is 0 Å². The highest BCUT2D eigenvalue weighted by Gasteiger charge is 2.15. The van der Waals surface area contributed by atoms with E-state index in [2.05, 4.69) is 4.99 Å². The first kappa shape index (κ1) is 14.2. The first-order chi connectivity index (χ1) is 10.6. The summed E-state index contributed by atoms with van der Waals surface area (Å²) in [6, 6.07) is 9.09. The SMILES string of the molecule is Cn1c(O)c(/C=C2\C=CC=N2)c(=O)n(-c2ccccc2)c1=S. The molecule has 0 spiro atoms. The molecule has 0 bridgehead atoms. The number of aromatic hydroxyl groups is 1. The number of nitrogens with zero attached hydrogens (tertiary/aromatic N) is 3. The van der Waals surface area contributed by atoms with Gasteiger partial charge in [0.2, 0.25) is 5.88 Å². The molecule has 2 aromatic rings. The summed E-state index contributed by atoms with van der Waals surface area (Å²) in [5, 5.41) is 10.3. The molecule has 0 saturated carbocycles. The van der Waals surface area contributed by atoms with Crippen molar-refractivity contribution in [3.05, 3.63) is 68.9 Å². The number of aromatic nitrogens is 2. The minimum atomic E-state index is -0.380. The number of aliphatic imine (C=N–C) groups is 1. The molecule has 0 amide bonds. The van der Waals surface area contributed by atoms with Gasteiger partial charge in [-0.2, -0.15) is 0 Å². The largest absolute Gasteiger partial charge is 0.494 e. The fourth-order valence-corrected chi connectivity index (χ4v) is 2.48. The predicted octanol–water partition coefficient (Wildman–Crippen LogP) is 2.59. The second-order valence-corrected chi connectivity index (χ2v) is 5.13. The third kappa shape index (κ3) is 2.33. The van der Waals surface area contributed by atoms with Crippen LogP contribution in [0.15, 0.2) is 58.0 Å². The van der Waals surface area contributed by atoms with E-state index in [1.165, 1.54) is 9.13 Å². The lowest BCUT2D eigenvalue weighted by Crippen LogP contribution is -2.25. The average Bonchev–Trinajstić information content (AvgIpc) is 3.04. The van der Waals surface area contributed by atoms with Crippen LogP contribution in [-0.2, 0) is 7.05 Å². The summed E-state index contributed by atoms with van der Waals surface area (Å²) in [5.41, 5.74) is 1.02. The Labute approximate surface area is 131 Å². The zero-order chi connectivity index (χ0) is 15.7. The second kappa shape index (κ2) is 5.57. The molecule has 0 saturated heterocycles. The number of rotatable bonds is 2. The van der Waals surface area contributed by atoms with Gasteiger partial charge in [0.1, 0.15) is 5.56 Å². The van der Waals surface area contributed by atoms with Crippen LogP contribution in [0.2, 0.25) is 0 Å². The molecule has 22 heavy (non-hydrogen) atoms. The van der Waals surface area contributed by atoms with Gasteiger partial charge in [0.25, 0.3) is 5.56 Å². The van der Waals surface area contributed by atoms with Crippen LogP contribution in [0.5, 0.6) is 5.88 Å². The van der Waals surface area contributed by atoms with Crippen LogP contribution in [0.3, 0.4) is 0 Å². The second-order valence-electron chi connectivity index (χ2n) is 4.76. The summed E-state index contributed by atoms with van der Waals surface area (Å²) < 4.78 is 3.02. The Morgan fingerprint density at radius 1 is 1.27 bits per heavy atom. The molecule has 1 aliphatic rings. The van der Waals surface area contributed by atoms with Crippen molar-refractivity contribution in [2.24, 2.45) is 12.0 Å². The third-order valence-electron chi connectivity index (χ3n) is 3.35. The van der Waals surface area contributed by atoms with E-state index in [1.807, 2.05) is 18.2 Å². The number of benzene rings is 1. The van der Waals surface area contributed by atoms with Crippen molar-refractivity contribution >= 4 is 24.5 Å². The molecule has 1 aliphatic heterocycles. The smallest absolute Gasteiger partial charge is 0.270 e. The summed E-state index contributed by atoms with van der Waals surface area (Å²) >= 11 is 5.29. The quantitative estimate of drug-likeness (QED) is 0.867. The van der Waals surface area contributed by atoms with Crippen LogP contribution in [0.1, 0.15) is 5.56 Å². The molecule has 1 aromatic heterocycles. The van der Waals surface area contributed by atoms with E-state index in [-0.39, 0.29) is 21.8 Å². The number of hydrogen-bond donors (Lipinski definition) is 1. The molecular formula is C16H13N3O2S. The van der Waals surface area contributed by atoms with Gasteiger partial charge in [0, 0.05) is 13.3 Å². The zero-order valence-corrected chi connectivity index (χ0v) is 12.6. The summed E-state index contributed by atoms with van der Waals surface area (Å²) in [6.07, 6.45) is 6.69. The Morgan fingerprint density at radius 2 is 2.00 bits per heavy atom. The lowest BCUT2D eigenvalue weighted by molar-refractivity contribution is 0.416. The maximum absolute atomic E-state index is 12.8. The molecule has 2 heterocycles. The fraction of sp³-hybridized carbons (Fsp3) is 0.0625. The van der Waals surface area contributed by atoms with E-state index in [0.29, 0.717) is 11.4 Å². The fourth-order valence-electron chi connectivity index (χ4n) is 2.20. The molecule has 1 N–H and O–H groups in total. The maximum atomic E-state index is 12.8. The highest BCUT2D eigenvalue weighted by atomic mass is 32.1. The Balaban J connectivity index is 2.33. The van der Waals surface area contributed by atoms with Crippen molar-refractivity contribution in [3.8, 4) is 11.6 Å². The van der Waals surface area contributed by atoms with Crippen LogP contribution in [-0.4, -0.2) is 20.5 Å². The van der Waals surface area contributed by atoms with E-state index in [4.69, 9.17) is 12.2 Å². The summed E-state index contributed by atoms with van der Waals surface area (Å²) in [5.74, 6) is -0.176. The van der Waals surface area contributed by atoms with Crippen LogP contribution >= 0.6 is 12.2 Å². The average molecular weight is 311 g/mol. The molecule has 5 nitrogen and oxygen atoms in total. The van der Waals surface area contributed by atoms with Crippen LogP contribution in [0.25, 0.3) is 11.8 Å². The molecule has 0 radical (unpaired) electrons. The minimum Gasteiger partial charge on any atom is -0.494 e. The third-order valence-corrected chi connectivity index (χ3v) is 3.81. The summed E-state index contributed by atoms with van der Waals surface area (Å²) in [6.45, 7) is 0. The van der Waals surface area contributed by atoms with Gasteiger partial charge in [-0.05, 0) is 42.6 Å². The Hall–Kier alpha value is -2.73. The van der Waals surface area contributed by atoms with Gasteiger partial charge >= 0.3 is 0 Å². The maximum Gasteiger partial charge on any atom is 0.270 e. The van der Waals surface area contributed by atoms with Gasteiger partial charge in [0.05, 0.1) is 11.4 Å². The molecular weight excluding hydrogens is 298 g/mol. The number of hydrogen-bond acceptors (Lipinski definition) is 4. The van der Waals surface area contributed by atoms with E-state index in [9.17, 15) is 9.90 Å². The van der Waals surface area contributed by atoms with Crippen molar-refractivity contribution in [1.29, 1.82) is 0 Å². The monoisotopic (exact) mass is 311 g/mol. The van der Waals surface area contributed by atoms with Gasteiger partial charge in [-0.25, -0.2) is 0 Å². The highest BCUT2D eigenvalue weighted by molar-refractivity contribution is 7.71. The first-order valence-corrected chi connectivity index (χ1v) is 7.03. The molecule has 6 heteroatoms. The predicted molar refractivity (Wildman–Crippen MR) is 89.1 cm³/mol. The lowest BCUT2D eigenvalue weighted by Gasteiger charge is -2.13. The standard InChI is InChI=1S/C16H13N3O2S/c1-18-14(20)13(10-11-6-5-9-17-11)15(21)19(16(18)22)12-7-3-2-4-8-12/h2-10,20H,1H3/b11-10+. The van der Waals surface area contributed by atoms with Crippen LogP contribution < -0.4 is 5.56 Å². The molecule has 0 aliphatic carbocycles. The van der Waals surface area contributed by atoms with Crippen molar-refractivity contribution < 1.29 is 5.11 Å². The molecule has 3 rings (SSSR count). The van der Waals surface area contributed by atoms with Gasteiger partial charge in [-0.1, -0.05) is 18.2 Å². The van der Waals surface area contributed by atoms with Crippen molar-refractivity contribution in [3.63, 3.8) is 0 Å². The summed E-state index contributed by atoms with van der Waals surface area (Å²) in [4.78, 5) is 16.9. The normalized spacial score (nSPS) is 14.9. The summed E-state index contributed by atoms with van der Waals surface area (Å²) in [7, 11) is 1.62. The molecule has 0 fully saturated rings. The van der Waals surface area contributed by atoms with E-state index in [1.54, 1.807) is 43.6 Å². The molecule has 0 unspecified atom stereocenters. The Bertz CT molecular complexity index is 920. The number of para-hydroxylation sites is 1. The zero-order valence-electron chi connectivity index (χ0n) is 11.8. The highest BCUT2D eigenvalue weighted by Crippen LogP contribution is 2.19. The van der Waals surface area contributed by atoms with Crippen LogP contribution in [0, 0.1) is 4.77 Å². The lowest BCUT2D eigenvalue weighted by atomic mass is 10.2. The topological polar surface area (TPSA) is 59.5 Å². The number of allylic oxidation sites excluding steroid dienone is 2. The molecule has 0 atom stereocenters. The molecule has 1 aromatic carbocycles. The van der Waals surface area contributed by atoms with Gasteiger partial charge < -0.3 is 5.11 Å². The Morgan fingerprint density at radius 3 is 2.64 bits per heavy atom.